The molecule has 0 amide bonds. The van der Waals surface area contributed by atoms with Crippen molar-refractivity contribution in [3.05, 3.63) is 5.69 Å². The molecule has 1 heterocycles. The lowest BCUT2D eigenvalue weighted by Crippen LogP contribution is -2.30. The summed E-state index contributed by atoms with van der Waals surface area (Å²) in [7, 11) is 3.41. The normalized spacial score (nSPS) is 12.8. The van der Waals surface area contributed by atoms with E-state index in [4.69, 9.17) is 15.6 Å². The van der Waals surface area contributed by atoms with Gasteiger partial charge >= 0.3 is 0 Å². The van der Waals surface area contributed by atoms with E-state index >= 15 is 0 Å². The Labute approximate surface area is 95.4 Å². The summed E-state index contributed by atoms with van der Waals surface area (Å²) in [6, 6.07) is -0.174. The van der Waals surface area contributed by atoms with Crippen molar-refractivity contribution in [2.24, 2.45) is 7.05 Å². The molecule has 1 rings (SSSR count). The zero-order valence-electron chi connectivity index (χ0n) is 10.0. The fourth-order valence-electron chi connectivity index (χ4n) is 1.56. The van der Waals surface area contributed by atoms with Crippen LogP contribution < -0.4 is 11.1 Å². The van der Waals surface area contributed by atoms with Crippen LogP contribution in [0.25, 0.3) is 0 Å². The van der Waals surface area contributed by atoms with Crippen LogP contribution in [-0.2, 0) is 18.2 Å². The van der Waals surface area contributed by atoms with E-state index < -0.39 is 0 Å². The fourth-order valence-corrected chi connectivity index (χ4v) is 1.56. The minimum Gasteiger partial charge on any atom is -0.394 e. The molecule has 0 bridgehead atoms. The number of methoxy groups -OCH3 is 1. The zero-order valence-corrected chi connectivity index (χ0v) is 10.0. The summed E-state index contributed by atoms with van der Waals surface area (Å²) in [5, 5.41) is 16.6. The molecule has 6 heteroatoms. The van der Waals surface area contributed by atoms with Gasteiger partial charge in [-0.05, 0) is 6.42 Å². The Bertz CT molecular complexity index is 338. The number of anilines is 2. The number of nitrogen functional groups attached to an aromatic ring is 1. The molecule has 0 spiro atoms. The molecule has 0 aliphatic carbocycles. The molecule has 16 heavy (non-hydrogen) atoms. The number of ether oxygens (including phenoxy) is 1. The summed E-state index contributed by atoms with van der Waals surface area (Å²) < 4.78 is 6.67. The van der Waals surface area contributed by atoms with Crippen LogP contribution in [0.5, 0.6) is 0 Å². The number of rotatable bonds is 6. The molecule has 1 atom stereocenters. The maximum atomic E-state index is 9.15. The van der Waals surface area contributed by atoms with Crippen molar-refractivity contribution in [2.75, 3.05) is 31.4 Å². The number of aliphatic hydroxyl groups excluding tert-OH is 1. The molecule has 0 aromatic carbocycles. The molecule has 1 aromatic rings. The molecule has 1 aromatic heterocycles. The van der Waals surface area contributed by atoms with Crippen molar-refractivity contribution < 1.29 is 9.84 Å². The van der Waals surface area contributed by atoms with Crippen molar-refractivity contribution in [3.63, 3.8) is 0 Å². The van der Waals surface area contributed by atoms with Gasteiger partial charge < -0.3 is 20.9 Å². The molecule has 0 aliphatic rings. The Morgan fingerprint density at radius 1 is 1.62 bits per heavy atom. The molecule has 0 fully saturated rings. The Morgan fingerprint density at radius 3 is 2.75 bits per heavy atom. The van der Waals surface area contributed by atoms with E-state index in [1.807, 2.05) is 14.0 Å². The lowest BCUT2D eigenvalue weighted by atomic mass is 10.2. The number of nitrogens with zero attached hydrogens (tertiary/aromatic N) is 2. The topological polar surface area (TPSA) is 85.3 Å². The molecule has 1 unspecified atom stereocenters. The highest BCUT2D eigenvalue weighted by Gasteiger charge is 2.15. The number of aliphatic hydroxyl groups is 1. The van der Waals surface area contributed by atoms with E-state index in [0.29, 0.717) is 12.3 Å². The molecule has 0 radical (unpaired) electrons. The van der Waals surface area contributed by atoms with E-state index in [1.165, 1.54) is 0 Å². The predicted molar refractivity (Wildman–Crippen MR) is 63.4 cm³/mol. The van der Waals surface area contributed by atoms with Crippen molar-refractivity contribution >= 4 is 11.5 Å². The van der Waals surface area contributed by atoms with E-state index in [1.54, 1.807) is 11.8 Å². The monoisotopic (exact) mass is 228 g/mol. The van der Waals surface area contributed by atoms with Crippen molar-refractivity contribution in [2.45, 2.75) is 19.4 Å². The number of hydrogen-bond donors (Lipinski definition) is 3. The van der Waals surface area contributed by atoms with Gasteiger partial charge in [-0.25, -0.2) is 0 Å². The van der Waals surface area contributed by atoms with Gasteiger partial charge in [0.2, 0.25) is 0 Å². The molecule has 4 N–H and O–H groups in total. The average Bonchev–Trinajstić information content (AvgIpc) is 2.55. The van der Waals surface area contributed by atoms with Crippen molar-refractivity contribution in [1.29, 1.82) is 0 Å². The summed E-state index contributed by atoms with van der Waals surface area (Å²) >= 11 is 0. The largest absolute Gasteiger partial charge is 0.394 e. The molecule has 6 nitrogen and oxygen atoms in total. The lowest BCUT2D eigenvalue weighted by Gasteiger charge is -2.16. The molecule has 0 saturated heterocycles. The lowest BCUT2D eigenvalue weighted by molar-refractivity contribution is 0.153. The second kappa shape index (κ2) is 5.72. The first-order valence-electron chi connectivity index (χ1n) is 5.31. The number of aromatic nitrogens is 2. The smallest absolute Gasteiger partial charge is 0.148 e. The number of nitrogens with two attached hydrogens (primary N) is 1. The van der Waals surface area contributed by atoms with E-state index in [0.717, 1.165) is 17.9 Å². The molecule has 92 valence electrons. The third-order valence-electron chi connectivity index (χ3n) is 2.42. The van der Waals surface area contributed by atoms with Crippen molar-refractivity contribution in [1.82, 2.24) is 9.78 Å². The molecular formula is C10H20N4O2. The average molecular weight is 228 g/mol. The van der Waals surface area contributed by atoms with E-state index in [9.17, 15) is 0 Å². The van der Waals surface area contributed by atoms with Gasteiger partial charge in [0.05, 0.1) is 30.6 Å². The Morgan fingerprint density at radius 2 is 2.31 bits per heavy atom. The maximum absolute atomic E-state index is 9.15. The van der Waals surface area contributed by atoms with Gasteiger partial charge in [0.15, 0.2) is 0 Å². The van der Waals surface area contributed by atoms with Crippen LogP contribution in [0.2, 0.25) is 0 Å². The van der Waals surface area contributed by atoms with Crippen LogP contribution in [0.15, 0.2) is 0 Å². The first-order valence-corrected chi connectivity index (χ1v) is 5.31. The summed E-state index contributed by atoms with van der Waals surface area (Å²) in [5.74, 6) is 0.730. The Kier molecular flexibility index (Phi) is 4.57. The number of aryl methyl sites for hydroxylation is 2. The second-order valence-corrected chi connectivity index (χ2v) is 3.67. The molecular weight excluding hydrogens is 208 g/mol. The minimum atomic E-state index is -0.174. The van der Waals surface area contributed by atoms with Crippen LogP contribution in [-0.4, -0.2) is 41.3 Å². The van der Waals surface area contributed by atoms with E-state index in [-0.39, 0.29) is 12.6 Å². The summed E-state index contributed by atoms with van der Waals surface area (Å²) in [4.78, 5) is 0. The highest BCUT2D eigenvalue weighted by atomic mass is 16.5. The fraction of sp³-hybridized carbons (Fsp3) is 0.700. The Balaban J connectivity index is 2.82. The summed E-state index contributed by atoms with van der Waals surface area (Å²) in [6.07, 6.45) is 0.787. The number of nitrogens with one attached hydrogen (secondary N) is 1. The first-order chi connectivity index (χ1) is 7.63. The van der Waals surface area contributed by atoms with Gasteiger partial charge in [0.25, 0.3) is 0 Å². The highest BCUT2D eigenvalue weighted by Crippen LogP contribution is 2.22. The SMILES string of the molecule is CCc1nn(C)c(NC(CO)COC)c1N. The third-order valence-corrected chi connectivity index (χ3v) is 2.42. The second-order valence-electron chi connectivity index (χ2n) is 3.67. The minimum absolute atomic E-state index is 0.0140. The summed E-state index contributed by atoms with van der Waals surface area (Å²) in [6.45, 7) is 2.41. The van der Waals surface area contributed by atoms with Crippen LogP contribution >= 0.6 is 0 Å². The molecule has 0 aliphatic heterocycles. The third kappa shape index (κ3) is 2.65. The predicted octanol–water partition coefficient (Wildman–Crippen LogP) is -0.0161. The van der Waals surface area contributed by atoms with Crippen LogP contribution in [0, 0.1) is 0 Å². The van der Waals surface area contributed by atoms with Crippen LogP contribution in [0.3, 0.4) is 0 Å². The van der Waals surface area contributed by atoms with E-state index in [2.05, 4.69) is 10.4 Å². The van der Waals surface area contributed by atoms with Gasteiger partial charge in [-0.15, -0.1) is 0 Å². The van der Waals surface area contributed by atoms with Gasteiger partial charge in [0, 0.05) is 14.2 Å². The maximum Gasteiger partial charge on any atom is 0.148 e. The van der Waals surface area contributed by atoms with Gasteiger partial charge in [-0.3, -0.25) is 4.68 Å². The van der Waals surface area contributed by atoms with Crippen LogP contribution in [0.1, 0.15) is 12.6 Å². The summed E-state index contributed by atoms with van der Waals surface area (Å²) in [5.41, 5.74) is 7.44. The quantitative estimate of drug-likeness (QED) is 0.637. The first kappa shape index (κ1) is 12.8. The van der Waals surface area contributed by atoms with Gasteiger partial charge in [0.1, 0.15) is 5.82 Å². The van der Waals surface area contributed by atoms with Gasteiger partial charge in [-0.1, -0.05) is 6.92 Å². The van der Waals surface area contributed by atoms with Crippen molar-refractivity contribution in [3.8, 4) is 0 Å². The molecule has 0 saturated carbocycles. The highest BCUT2D eigenvalue weighted by molar-refractivity contribution is 5.65. The van der Waals surface area contributed by atoms with Gasteiger partial charge in [-0.2, -0.15) is 5.10 Å². The zero-order chi connectivity index (χ0) is 12.1. The Hall–Kier alpha value is -1.27. The number of hydrogen-bond acceptors (Lipinski definition) is 5. The van der Waals surface area contributed by atoms with Crippen LogP contribution in [0.4, 0.5) is 11.5 Å². The standard InChI is InChI=1S/C10H20N4O2/c1-4-8-9(11)10(14(2)13-8)12-7(5-15)6-16-3/h7,12,15H,4-6,11H2,1-3H3.